The third-order valence-electron chi connectivity index (χ3n) is 5.54. The minimum Gasteiger partial charge on any atom is -0.497 e. The van der Waals surface area contributed by atoms with Crippen LogP contribution in [0.2, 0.25) is 0 Å². The van der Waals surface area contributed by atoms with Crippen molar-refractivity contribution in [3.05, 3.63) is 88.0 Å². The summed E-state index contributed by atoms with van der Waals surface area (Å²) in [4.78, 5) is 38.3. The Labute approximate surface area is 201 Å². The van der Waals surface area contributed by atoms with Gasteiger partial charge in [0.15, 0.2) is 0 Å². The Balaban J connectivity index is 1.48. The molecule has 10 heteroatoms. The van der Waals surface area contributed by atoms with Crippen LogP contribution in [0, 0.1) is 10.1 Å². The first-order valence-electron chi connectivity index (χ1n) is 10.9. The standard InChI is InChI=1S/C25H24N4O6/c1-34-21-9-6-19(7-10-21)26-24(30)17-2-4-18(5-3-17)27-25(31)22-16-20(29(32)33)8-11-23(22)28-12-14-35-15-13-28/h2-11,16H,12-15H2,1H3,(H,26,30)(H,27,31). The van der Waals surface area contributed by atoms with Crippen LogP contribution in [0.1, 0.15) is 20.7 Å². The van der Waals surface area contributed by atoms with Crippen molar-refractivity contribution < 1.29 is 24.0 Å². The number of carbonyl (C=O) groups excluding carboxylic acids is 2. The predicted octanol–water partition coefficient (Wildman–Crippen LogP) is 3.94. The van der Waals surface area contributed by atoms with Crippen molar-refractivity contribution in [1.82, 2.24) is 0 Å². The Morgan fingerprint density at radius 3 is 2.11 bits per heavy atom. The van der Waals surface area contributed by atoms with Crippen molar-refractivity contribution in [2.45, 2.75) is 0 Å². The SMILES string of the molecule is COc1ccc(NC(=O)c2ccc(NC(=O)c3cc([N+](=O)[O-])ccc3N3CCOCC3)cc2)cc1. The highest BCUT2D eigenvalue weighted by atomic mass is 16.6. The van der Waals surface area contributed by atoms with Crippen molar-refractivity contribution in [1.29, 1.82) is 0 Å². The molecule has 3 aromatic carbocycles. The summed E-state index contributed by atoms with van der Waals surface area (Å²) in [5, 5.41) is 16.8. The number of nitro groups is 1. The number of nitrogens with zero attached hydrogens (tertiary/aromatic N) is 2. The van der Waals surface area contributed by atoms with Gasteiger partial charge in [0, 0.05) is 42.2 Å². The number of nitro benzene ring substituents is 1. The number of amides is 2. The average Bonchev–Trinajstić information content (AvgIpc) is 2.89. The largest absolute Gasteiger partial charge is 0.497 e. The van der Waals surface area contributed by atoms with Crippen LogP contribution in [0.25, 0.3) is 0 Å². The molecule has 35 heavy (non-hydrogen) atoms. The molecule has 4 rings (SSSR count). The predicted molar refractivity (Wildman–Crippen MR) is 131 cm³/mol. The fraction of sp³-hybridized carbons (Fsp3) is 0.200. The van der Waals surface area contributed by atoms with Crippen molar-refractivity contribution in [2.75, 3.05) is 48.9 Å². The molecule has 0 bridgehead atoms. The first-order chi connectivity index (χ1) is 16.9. The van der Waals surface area contributed by atoms with Crippen molar-refractivity contribution in [2.24, 2.45) is 0 Å². The van der Waals surface area contributed by atoms with Gasteiger partial charge in [0.05, 0.1) is 36.5 Å². The van der Waals surface area contributed by atoms with Crippen LogP contribution in [0.5, 0.6) is 5.75 Å². The summed E-state index contributed by atoms with van der Waals surface area (Å²) in [6.07, 6.45) is 0. The third-order valence-corrected chi connectivity index (χ3v) is 5.54. The zero-order valence-electron chi connectivity index (χ0n) is 19.0. The summed E-state index contributed by atoms with van der Waals surface area (Å²) >= 11 is 0. The molecule has 1 aliphatic heterocycles. The van der Waals surface area contributed by atoms with Crippen molar-refractivity contribution >= 4 is 34.6 Å². The summed E-state index contributed by atoms with van der Waals surface area (Å²) in [5.41, 5.74) is 2.11. The molecular weight excluding hydrogens is 452 g/mol. The number of hydrogen-bond acceptors (Lipinski definition) is 7. The molecule has 0 aromatic heterocycles. The van der Waals surface area contributed by atoms with Crippen molar-refractivity contribution in [3.8, 4) is 5.75 Å². The number of anilines is 3. The van der Waals surface area contributed by atoms with Gasteiger partial charge in [-0.05, 0) is 54.6 Å². The molecule has 10 nitrogen and oxygen atoms in total. The average molecular weight is 476 g/mol. The first kappa shape index (κ1) is 23.7. The fourth-order valence-corrected chi connectivity index (χ4v) is 3.68. The Morgan fingerprint density at radius 1 is 0.914 bits per heavy atom. The van der Waals surface area contributed by atoms with E-state index in [1.807, 2.05) is 4.90 Å². The maximum Gasteiger partial charge on any atom is 0.270 e. The Bertz CT molecular complexity index is 1220. The summed E-state index contributed by atoms with van der Waals surface area (Å²) in [6, 6.07) is 17.6. The van der Waals surface area contributed by atoms with E-state index < -0.39 is 10.8 Å². The topological polar surface area (TPSA) is 123 Å². The summed E-state index contributed by atoms with van der Waals surface area (Å²) in [7, 11) is 1.57. The molecule has 2 N–H and O–H groups in total. The lowest BCUT2D eigenvalue weighted by Crippen LogP contribution is -2.37. The second-order valence-corrected chi connectivity index (χ2v) is 7.77. The van der Waals surface area contributed by atoms with Crippen LogP contribution in [0.3, 0.4) is 0 Å². The maximum absolute atomic E-state index is 13.1. The van der Waals surface area contributed by atoms with Crippen LogP contribution in [0.15, 0.2) is 66.7 Å². The monoisotopic (exact) mass is 476 g/mol. The molecule has 0 unspecified atom stereocenters. The van der Waals surface area contributed by atoms with E-state index in [-0.39, 0.29) is 17.2 Å². The molecule has 1 aliphatic rings. The van der Waals surface area contributed by atoms with E-state index in [2.05, 4.69) is 10.6 Å². The van der Waals surface area contributed by atoms with Crippen LogP contribution in [0.4, 0.5) is 22.7 Å². The lowest BCUT2D eigenvalue weighted by molar-refractivity contribution is -0.384. The summed E-state index contributed by atoms with van der Waals surface area (Å²) < 4.78 is 10.5. The number of hydrogen-bond donors (Lipinski definition) is 2. The van der Waals surface area contributed by atoms with Gasteiger partial charge >= 0.3 is 0 Å². The van der Waals surface area contributed by atoms with Crippen LogP contribution in [-0.4, -0.2) is 50.2 Å². The molecular formula is C25H24N4O6. The smallest absolute Gasteiger partial charge is 0.270 e. The molecule has 0 radical (unpaired) electrons. The molecule has 3 aromatic rings. The number of morpholine rings is 1. The van der Waals surface area contributed by atoms with Gasteiger partial charge < -0.3 is 25.0 Å². The third kappa shape index (κ3) is 5.74. The zero-order valence-corrected chi connectivity index (χ0v) is 19.0. The van der Waals surface area contributed by atoms with E-state index in [1.165, 1.54) is 12.1 Å². The van der Waals surface area contributed by atoms with Gasteiger partial charge in [0.2, 0.25) is 0 Å². The van der Waals surface area contributed by atoms with E-state index in [0.717, 1.165) is 0 Å². The van der Waals surface area contributed by atoms with Crippen LogP contribution < -0.4 is 20.3 Å². The number of benzene rings is 3. The van der Waals surface area contributed by atoms with Gasteiger partial charge in [-0.3, -0.25) is 19.7 Å². The zero-order chi connectivity index (χ0) is 24.8. The Morgan fingerprint density at radius 2 is 1.51 bits per heavy atom. The highest BCUT2D eigenvalue weighted by Gasteiger charge is 2.22. The molecule has 0 atom stereocenters. The number of ether oxygens (including phenoxy) is 2. The van der Waals surface area contributed by atoms with E-state index >= 15 is 0 Å². The van der Waals surface area contributed by atoms with Gasteiger partial charge in [-0.2, -0.15) is 0 Å². The molecule has 0 spiro atoms. The van der Waals surface area contributed by atoms with Crippen LogP contribution >= 0.6 is 0 Å². The van der Waals surface area contributed by atoms with E-state index in [0.29, 0.717) is 54.7 Å². The van der Waals surface area contributed by atoms with E-state index in [9.17, 15) is 19.7 Å². The minimum absolute atomic E-state index is 0.169. The highest BCUT2D eigenvalue weighted by Crippen LogP contribution is 2.27. The molecule has 0 saturated carbocycles. The number of non-ortho nitro benzene ring substituents is 1. The number of carbonyl (C=O) groups is 2. The van der Waals surface area contributed by atoms with Crippen molar-refractivity contribution in [3.63, 3.8) is 0 Å². The Hall–Kier alpha value is -4.44. The second kappa shape index (κ2) is 10.7. The highest BCUT2D eigenvalue weighted by molar-refractivity contribution is 6.09. The van der Waals surface area contributed by atoms with Gasteiger partial charge in [0.1, 0.15) is 5.75 Å². The number of rotatable bonds is 7. The lowest BCUT2D eigenvalue weighted by atomic mass is 10.1. The molecule has 180 valence electrons. The van der Waals surface area contributed by atoms with Crippen LogP contribution in [-0.2, 0) is 4.74 Å². The van der Waals surface area contributed by atoms with E-state index in [1.54, 1.807) is 61.7 Å². The molecule has 0 aliphatic carbocycles. The normalized spacial score (nSPS) is 13.1. The van der Waals surface area contributed by atoms with Gasteiger partial charge in [0.25, 0.3) is 17.5 Å². The minimum atomic E-state index is -0.532. The summed E-state index contributed by atoms with van der Waals surface area (Å²) in [6.45, 7) is 2.18. The number of methoxy groups -OCH3 is 1. The first-order valence-corrected chi connectivity index (χ1v) is 10.9. The Kier molecular flexibility index (Phi) is 7.22. The fourth-order valence-electron chi connectivity index (χ4n) is 3.68. The quantitative estimate of drug-likeness (QED) is 0.391. The second-order valence-electron chi connectivity index (χ2n) is 7.77. The van der Waals surface area contributed by atoms with Gasteiger partial charge in [-0.1, -0.05) is 0 Å². The van der Waals surface area contributed by atoms with E-state index in [4.69, 9.17) is 9.47 Å². The van der Waals surface area contributed by atoms with Gasteiger partial charge in [-0.25, -0.2) is 0 Å². The molecule has 1 fully saturated rings. The maximum atomic E-state index is 13.1. The lowest BCUT2D eigenvalue weighted by Gasteiger charge is -2.30. The number of nitrogens with one attached hydrogen (secondary N) is 2. The molecule has 2 amide bonds. The summed E-state index contributed by atoms with van der Waals surface area (Å²) in [5.74, 6) is -0.101. The molecule has 1 saturated heterocycles. The van der Waals surface area contributed by atoms with Gasteiger partial charge in [-0.15, -0.1) is 0 Å². The molecule has 1 heterocycles.